The Balaban J connectivity index is 2.14. The smallest absolute Gasteiger partial charge is 0.220 e. The zero-order valence-corrected chi connectivity index (χ0v) is 11.7. The number of rotatable bonds is 6. The molecule has 0 aromatic heterocycles. The second kappa shape index (κ2) is 7.70. The van der Waals surface area contributed by atoms with E-state index in [2.05, 4.69) is 31.0 Å². The predicted octanol–water partition coefficient (Wildman–Crippen LogP) is 2.41. The largest absolute Gasteiger partial charge is 0.353 e. The lowest BCUT2D eigenvalue weighted by atomic mass is 10.0. The van der Waals surface area contributed by atoms with Crippen LogP contribution in [0.15, 0.2) is 0 Å². The molecule has 0 bridgehead atoms. The lowest BCUT2D eigenvalue weighted by Crippen LogP contribution is -2.44. The second-order valence-corrected chi connectivity index (χ2v) is 5.62. The monoisotopic (exact) mass is 240 g/mol. The van der Waals surface area contributed by atoms with Gasteiger partial charge in [0.05, 0.1) is 0 Å². The molecule has 0 unspecified atom stereocenters. The fourth-order valence-electron chi connectivity index (χ4n) is 2.34. The van der Waals surface area contributed by atoms with E-state index in [1.54, 1.807) is 0 Å². The molecule has 100 valence electrons. The van der Waals surface area contributed by atoms with Crippen molar-refractivity contribution in [1.29, 1.82) is 0 Å². The second-order valence-electron chi connectivity index (χ2n) is 5.62. The summed E-state index contributed by atoms with van der Waals surface area (Å²) in [5, 5.41) is 3.17. The summed E-state index contributed by atoms with van der Waals surface area (Å²) in [7, 11) is 0. The van der Waals surface area contributed by atoms with E-state index in [-0.39, 0.29) is 5.91 Å². The van der Waals surface area contributed by atoms with Crippen LogP contribution in [0.1, 0.15) is 52.9 Å². The minimum absolute atomic E-state index is 0.243. The maximum atomic E-state index is 11.7. The van der Waals surface area contributed by atoms with E-state index >= 15 is 0 Å². The SMILES string of the molecule is CCCN1CCC(NC(=O)CCC(C)C)CC1. The summed E-state index contributed by atoms with van der Waals surface area (Å²) in [6.45, 7) is 10.0. The van der Waals surface area contributed by atoms with E-state index in [9.17, 15) is 4.79 Å². The standard InChI is InChI=1S/C14H28N2O/c1-4-9-16-10-7-13(8-11-16)15-14(17)6-5-12(2)3/h12-13H,4-11H2,1-3H3,(H,15,17). The molecule has 1 amide bonds. The highest BCUT2D eigenvalue weighted by Gasteiger charge is 2.19. The van der Waals surface area contributed by atoms with Crippen LogP contribution in [-0.2, 0) is 4.79 Å². The van der Waals surface area contributed by atoms with E-state index < -0.39 is 0 Å². The zero-order chi connectivity index (χ0) is 12.7. The lowest BCUT2D eigenvalue weighted by molar-refractivity contribution is -0.122. The molecule has 1 aliphatic heterocycles. The van der Waals surface area contributed by atoms with Crippen LogP contribution in [0, 0.1) is 5.92 Å². The van der Waals surface area contributed by atoms with Gasteiger partial charge in [-0.2, -0.15) is 0 Å². The molecule has 1 rings (SSSR count). The first-order valence-corrected chi connectivity index (χ1v) is 7.13. The summed E-state index contributed by atoms with van der Waals surface area (Å²) in [6, 6.07) is 0.419. The van der Waals surface area contributed by atoms with Crippen molar-refractivity contribution in [2.24, 2.45) is 5.92 Å². The van der Waals surface area contributed by atoms with E-state index in [0.29, 0.717) is 18.4 Å². The number of nitrogens with one attached hydrogen (secondary N) is 1. The quantitative estimate of drug-likeness (QED) is 0.773. The third kappa shape index (κ3) is 6.06. The first-order valence-electron chi connectivity index (χ1n) is 7.13. The number of amides is 1. The summed E-state index contributed by atoms with van der Waals surface area (Å²) in [5.41, 5.74) is 0. The first kappa shape index (κ1) is 14.5. The third-order valence-corrected chi connectivity index (χ3v) is 3.44. The van der Waals surface area contributed by atoms with E-state index in [0.717, 1.165) is 32.4 Å². The molecule has 0 radical (unpaired) electrons. The Morgan fingerprint density at radius 2 is 2.00 bits per heavy atom. The molecule has 3 nitrogen and oxygen atoms in total. The zero-order valence-electron chi connectivity index (χ0n) is 11.7. The summed E-state index contributed by atoms with van der Waals surface area (Å²) in [5.74, 6) is 0.861. The van der Waals surface area contributed by atoms with Crippen LogP contribution in [0.2, 0.25) is 0 Å². The van der Waals surface area contributed by atoms with Crippen LogP contribution < -0.4 is 5.32 Å². The van der Waals surface area contributed by atoms with Crippen LogP contribution >= 0.6 is 0 Å². The van der Waals surface area contributed by atoms with Gasteiger partial charge >= 0.3 is 0 Å². The summed E-state index contributed by atoms with van der Waals surface area (Å²) >= 11 is 0. The molecule has 1 N–H and O–H groups in total. The van der Waals surface area contributed by atoms with E-state index in [4.69, 9.17) is 0 Å². The molecule has 3 heteroatoms. The average Bonchev–Trinajstić information content (AvgIpc) is 2.29. The van der Waals surface area contributed by atoms with Crippen molar-refractivity contribution in [2.75, 3.05) is 19.6 Å². The van der Waals surface area contributed by atoms with Crippen LogP contribution in [0.3, 0.4) is 0 Å². The van der Waals surface area contributed by atoms with Crippen molar-refractivity contribution in [2.45, 2.75) is 58.9 Å². The van der Waals surface area contributed by atoms with Crippen molar-refractivity contribution in [3.05, 3.63) is 0 Å². The summed E-state index contributed by atoms with van der Waals surface area (Å²) in [4.78, 5) is 14.2. The van der Waals surface area contributed by atoms with E-state index in [1.807, 2.05) is 0 Å². The molecule has 17 heavy (non-hydrogen) atoms. The number of nitrogens with zero attached hydrogens (tertiary/aromatic N) is 1. The number of hydrogen-bond donors (Lipinski definition) is 1. The fourth-order valence-corrected chi connectivity index (χ4v) is 2.34. The highest BCUT2D eigenvalue weighted by atomic mass is 16.1. The Kier molecular flexibility index (Phi) is 6.56. The minimum Gasteiger partial charge on any atom is -0.353 e. The van der Waals surface area contributed by atoms with Crippen molar-refractivity contribution in [3.63, 3.8) is 0 Å². The van der Waals surface area contributed by atoms with Gasteiger partial charge in [-0.3, -0.25) is 4.79 Å². The average molecular weight is 240 g/mol. The number of carbonyl (C=O) groups excluding carboxylic acids is 1. The van der Waals surface area contributed by atoms with Gasteiger partial charge in [0, 0.05) is 25.6 Å². The van der Waals surface area contributed by atoms with Gasteiger partial charge in [-0.25, -0.2) is 0 Å². The third-order valence-electron chi connectivity index (χ3n) is 3.44. The van der Waals surface area contributed by atoms with Gasteiger partial charge in [-0.05, 0) is 38.1 Å². The van der Waals surface area contributed by atoms with E-state index in [1.165, 1.54) is 13.0 Å². The predicted molar refractivity (Wildman–Crippen MR) is 72.0 cm³/mol. The van der Waals surface area contributed by atoms with Gasteiger partial charge in [-0.15, -0.1) is 0 Å². The van der Waals surface area contributed by atoms with Crippen molar-refractivity contribution < 1.29 is 4.79 Å². The highest BCUT2D eigenvalue weighted by molar-refractivity contribution is 5.76. The molecule has 1 fully saturated rings. The van der Waals surface area contributed by atoms with Gasteiger partial charge in [-0.1, -0.05) is 20.8 Å². The van der Waals surface area contributed by atoms with Gasteiger partial charge in [0.1, 0.15) is 0 Å². The molecule has 1 saturated heterocycles. The molecule has 0 saturated carbocycles. The molecule has 0 aliphatic carbocycles. The Bertz CT molecular complexity index is 220. The maximum Gasteiger partial charge on any atom is 0.220 e. The van der Waals surface area contributed by atoms with Gasteiger partial charge in [0.25, 0.3) is 0 Å². The molecule has 1 aliphatic rings. The Labute approximate surface area is 106 Å². The fraction of sp³-hybridized carbons (Fsp3) is 0.929. The van der Waals surface area contributed by atoms with Gasteiger partial charge < -0.3 is 10.2 Å². The first-order chi connectivity index (χ1) is 8.11. The minimum atomic E-state index is 0.243. The number of piperidine rings is 1. The van der Waals surface area contributed by atoms with Crippen molar-refractivity contribution in [1.82, 2.24) is 10.2 Å². The maximum absolute atomic E-state index is 11.7. The van der Waals surface area contributed by atoms with Crippen molar-refractivity contribution in [3.8, 4) is 0 Å². The Morgan fingerprint density at radius 3 is 2.53 bits per heavy atom. The molecule has 0 atom stereocenters. The summed E-state index contributed by atoms with van der Waals surface area (Å²) < 4.78 is 0. The van der Waals surface area contributed by atoms with Crippen LogP contribution in [-0.4, -0.2) is 36.5 Å². The molecular weight excluding hydrogens is 212 g/mol. The normalized spacial score (nSPS) is 18.6. The molecule has 0 spiro atoms. The topological polar surface area (TPSA) is 32.3 Å². The molecule has 0 aromatic rings. The molecule has 0 aromatic carbocycles. The van der Waals surface area contributed by atoms with Gasteiger partial charge in [0.2, 0.25) is 5.91 Å². The number of hydrogen-bond acceptors (Lipinski definition) is 2. The van der Waals surface area contributed by atoms with Crippen LogP contribution in [0.5, 0.6) is 0 Å². The van der Waals surface area contributed by atoms with Crippen molar-refractivity contribution >= 4 is 5.91 Å². The number of likely N-dealkylation sites (tertiary alicyclic amines) is 1. The van der Waals surface area contributed by atoms with Crippen LogP contribution in [0.25, 0.3) is 0 Å². The Hall–Kier alpha value is -0.570. The molecular formula is C14H28N2O. The van der Waals surface area contributed by atoms with Crippen LogP contribution in [0.4, 0.5) is 0 Å². The highest BCUT2D eigenvalue weighted by Crippen LogP contribution is 2.11. The number of carbonyl (C=O) groups is 1. The van der Waals surface area contributed by atoms with Gasteiger partial charge in [0.15, 0.2) is 0 Å². The Morgan fingerprint density at radius 1 is 1.35 bits per heavy atom. The lowest BCUT2D eigenvalue weighted by Gasteiger charge is -2.32. The summed E-state index contributed by atoms with van der Waals surface area (Å²) in [6.07, 6.45) is 5.15. The molecule has 1 heterocycles.